The van der Waals surface area contributed by atoms with Crippen LogP contribution in [-0.2, 0) is 0 Å². The SMILES string of the molecule is CC/C=C/CCC1=CC=C(c2ccc(-c3ccc(C4=CCC(C)CC4)c(F)c3F)cc2)C(F)C1F. The average molecular weight is 481 g/mol. The van der Waals surface area contributed by atoms with Gasteiger partial charge in [0, 0.05) is 11.1 Å². The van der Waals surface area contributed by atoms with Gasteiger partial charge in [-0.3, -0.25) is 0 Å². The minimum atomic E-state index is -1.75. The first-order valence-corrected chi connectivity index (χ1v) is 12.5. The van der Waals surface area contributed by atoms with Crippen LogP contribution in [-0.4, -0.2) is 12.3 Å². The van der Waals surface area contributed by atoms with Crippen LogP contribution in [0.15, 0.2) is 72.4 Å². The van der Waals surface area contributed by atoms with Crippen LogP contribution in [0, 0.1) is 17.6 Å². The maximum atomic E-state index is 15.0. The smallest absolute Gasteiger partial charge is 0.167 e. The number of benzene rings is 2. The summed E-state index contributed by atoms with van der Waals surface area (Å²) in [5.41, 5.74) is 3.08. The molecule has 0 radical (unpaired) electrons. The Bertz CT molecular complexity index is 1170. The van der Waals surface area contributed by atoms with Gasteiger partial charge in [-0.2, -0.15) is 0 Å². The molecule has 0 aromatic heterocycles. The van der Waals surface area contributed by atoms with Crippen molar-refractivity contribution in [1.82, 2.24) is 0 Å². The molecule has 4 heteroatoms. The summed E-state index contributed by atoms with van der Waals surface area (Å²) in [5.74, 6) is -1.16. The maximum Gasteiger partial charge on any atom is 0.167 e. The lowest BCUT2D eigenvalue weighted by molar-refractivity contribution is 0.238. The zero-order valence-corrected chi connectivity index (χ0v) is 20.3. The highest BCUT2D eigenvalue weighted by molar-refractivity contribution is 5.76. The van der Waals surface area contributed by atoms with Gasteiger partial charge in [0.25, 0.3) is 0 Å². The van der Waals surface area contributed by atoms with Gasteiger partial charge in [0.05, 0.1) is 0 Å². The fourth-order valence-electron chi connectivity index (χ4n) is 4.81. The van der Waals surface area contributed by atoms with Gasteiger partial charge >= 0.3 is 0 Å². The summed E-state index contributed by atoms with van der Waals surface area (Å²) in [7, 11) is 0. The van der Waals surface area contributed by atoms with E-state index in [1.807, 2.05) is 25.2 Å². The summed E-state index contributed by atoms with van der Waals surface area (Å²) in [6.45, 7) is 4.18. The van der Waals surface area contributed by atoms with Gasteiger partial charge in [-0.05, 0) is 72.3 Å². The van der Waals surface area contributed by atoms with E-state index in [9.17, 15) is 13.2 Å². The molecule has 0 saturated heterocycles. The lowest BCUT2D eigenvalue weighted by Crippen LogP contribution is -2.24. The molecule has 2 aliphatic carbocycles. The molecule has 184 valence electrons. The Morgan fingerprint density at radius 2 is 1.54 bits per heavy atom. The second-order valence-corrected chi connectivity index (χ2v) is 9.56. The van der Waals surface area contributed by atoms with Crippen LogP contribution < -0.4 is 0 Å². The zero-order chi connectivity index (χ0) is 24.9. The Morgan fingerprint density at radius 3 is 2.23 bits per heavy atom. The number of hydrogen-bond acceptors (Lipinski definition) is 0. The highest BCUT2D eigenvalue weighted by Gasteiger charge is 2.31. The Labute approximate surface area is 205 Å². The molecule has 0 saturated carbocycles. The average Bonchev–Trinajstić information content (AvgIpc) is 2.87. The molecule has 0 nitrogen and oxygen atoms in total. The number of allylic oxidation sites excluding steroid dienone is 8. The lowest BCUT2D eigenvalue weighted by atomic mass is 9.86. The van der Waals surface area contributed by atoms with Crippen molar-refractivity contribution in [2.45, 2.75) is 64.7 Å². The van der Waals surface area contributed by atoms with Crippen LogP contribution in [0.4, 0.5) is 17.6 Å². The largest absolute Gasteiger partial charge is 0.239 e. The lowest BCUT2D eigenvalue weighted by Gasteiger charge is -2.23. The molecule has 0 N–H and O–H groups in total. The van der Waals surface area contributed by atoms with Crippen LogP contribution in [0.3, 0.4) is 0 Å². The van der Waals surface area contributed by atoms with Crippen molar-refractivity contribution >= 4 is 11.1 Å². The highest BCUT2D eigenvalue weighted by Crippen LogP contribution is 2.37. The summed E-state index contributed by atoms with van der Waals surface area (Å²) in [5, 5.41) is 0. The molecule has 0 spiro atoms. The van der Waals surface area contributed by atoms with Gasteiger partial charge in [-0.25, -0.2) is 17.6 Å². The fraction of sp³-hybridized carbons (Fsp3) is 0.355. The first kappa shape index (κ1) is 25.2. The first-order chi connectivity index (χ1) is 16.9. The minimum absolute atomic E-state index is 0.155. The molecule has 0 aliphatic heterocycles. The molecular weight excluding hydrogens is 448 g/mol. The fourth-order valence-corrected chi connectivity index (χ4v) is 4.81. The molecule has 2 aromatic rings. The van der Waals surface area contributed by atoms with Gasteiger partial charge in [-0.1, -0.05) is 80.6 Å². The molecule has 35 heavy (non-hydrogen) atoms. The van der Waals surface area contributed by atoms with E-state index in [-0.39, 0.29) is 11.1 Å². The summed E-state index contributed by atoms with van der Waals surface area (Å²) in [6.07, 6.45) is 10.5. The van der Waals surface area contributed by atoms with Crippen molar-refractivity contribution in [2.24, 2.45) is 5.92 Å². The monoisotopic (exact) mass is 480 g/mol. The van der Waals surface area contributed by atoms with Crippen molar-refractivity contribution in [3.8, 4) is 11.1 Å². The van der Waals surface area contributed by atoms with E-state index in [2.05, 4.69) is 6.92 Å². The second kappa shape index (κ2) is 11.2. The van der Waals surface area contributed by atoms with Gasteiger partial charge in [-0.15, -0.1) is 0 Å². The predicted molar refractivity (Wildman–Crippen MR) is 137 cm³/mol. The Kier molecular flexibility index (Phi) is 8.10. The van der Waals surface area contributed by atoms with E-state index in [4.69, 9.17) is 0 Å². The third kappa shape index (κ3) is 5.52. The normalized spacial score (nSPS) is 22.7. The highest BCUT2D eigenvalue weighted by atomic mass is 19.2. The Balaban J connectivity index is 1.54. The van der Waals surface area contributed by atoms with E-state index in [0.29, 0.717) is 41.0 Å². The van der Waals surface area contributed by atoms with Crippen molar-refractivity contribution in [3.05, 3.63) is 95.1 Å². The number of rotatable bonds is 7. The third-order valence-corrected chi connectivity index (χ3v) is 7.02. The van der Waals surface area contributed by atoms with E-state index in [1.54, 1.807) is 48.6 Å². The summed E-state index contributed by atoms with van der Waals surface area (Å²) >= 11 is 0. The molecule has 0 heterocycles. The van der Waals surface area contributed by atoms with E-state index >= 15 is 4.39 Å². The predicted octanol–water partition coefficient (Wildman–Crippen LogP) is 9.58. The minimum Gasteiger partial charge on any atom is -0.239 e. The molecule has 0 fully saturated rings. The molecule has 3 unspecified atom stereocenters. The summed E-state index contributed by atoms with van der Waals surface area (Å²) in [4.78, 5) is 0. The quantitative estimate of drug-likeness (QED) is 0.273. The van der Waals surface area contributed by atoms with Crippen LogP contribution in [0.5, 0.6) is 0 Å². The maximum absolute atomic E-state index is 15.0. The topological polar surface area (TPSA) is 0 Å². The van der Waals surface area contributed by atoms with Gasteiger partial charge in [0.15, 0.2) is 24.0 Å². The Hall–Kier alpha value is -2.88. The van der Waals surface area contributed by atoms with Gasteiger partial charge in [0.2, 0.25) is 0 Å². The van der Waals surface area contributed by atoms with Gasteiger partial charge < -0.3 is 0 Å². The molecular formula is C31H32F4. The van der Waals surface area contributed by atoms with Crippen LogP contribution >= 0.6 is 0 Å². The third-order valence-electron chi connectivity index (χ3n) is 7.02. The second-order valence-electron chi connectivity index (χ2n) is 9.56. The molecule has 3 atom stereocenters. The summed E-state index contributed by atoms with van der Waals surface area (Å²) in [6, 6.07) is 9.77. The molecule has 2 aliphatic rings. The van der Waals surface area contributed by atoms with Crippen molar-refractivity contribution in [1.29, 1.82) is 0 Å². The molecule has 0 amide bonds. The standard InChI is InChI=1S/C31H32F4/c1-3-4-5-6-7-24-16-17-25(29(33)28(24)32)22-12-14-23(15-13-22)27-19-18-26(30(34)31(27)35)21-10-8-20(2)9-11-21/h4-5,10,12-20,28-29H,3,6-9,11H2,1-2H3/b5-4+. The van der Waals surface area contributed by atoms with Crippen LogP contribution in [0.1, 0.15) is 63.5 Å². The first-order valence-electron chi connectivity index (χ1n) is 12.5. The number of hydrogen-bond donors (Lipinski definition) is 0. The van der Waals surface area contributed by atoms with Crippen LogP contribution in [0.25, 0.3) is 22.3 Å². The number of alkyl halides is 2. The van der Waals surface area contributed by atoms with E-state index < -0.39 is 24.0 Å². The van der Waals surface area contributed by atoms with Crippen molar-refractivity contribution in [3.63, 3.8) is 0 Å². The van der Waals surface area contributed by atoms with E-state index in [0.717, 1.165) is 31.3 Å². The van der Waals surface area contributed by atoms with Crippen molar-refractivity contribution in [2.75, 3.05) is 0 Å². The molecule has 4 rings (SSSR count). The molecule has 2 aromatic carbocycles. The van der Waals surface area contributed by atoms with E-state index in [1.165, 1.54) is 0 Å². The van der Waals surface area contributed by atoms with Crippen molar-refractivity contribution < 1.29 is 17.6 Å². The number of halogens is 4. The zero-order valence-electron chi connectivity index (χ0n) is 20.3. The Morgan fingerprint density at radius 1 is 0.857 bits per heavy atom. The summed E-state index contributed by atoms with van der Waals surface area (Å²) < 4.78 is 59.6. The van der Waals surface area contributed by atoms with Gasteiger partial charge in [0.1, 0.15) is 0 Å². The molecule has 0 bridgehead atoms. The van der Waals surface area contributed by atoms with Crippen LogP contribution in [0.2, 0.25) is 0 Å².